The molecule has 32 heavy (non-hydrogen) atoms. The number of ether oxygens (including phenoxy) is 3. The summed E-state index contributed by atoms with van der Waals surface area (Å²) in [7, 11) is 1.62. The van der Waals surface area contributed by atoms with Gasteiger partial charge in [-0.05, 0) is 68.5 Å². The minimum atomic E-state index is -0.915. The molecule has 2 aromatic rings. The molecule has 0 fully saturated rings. The van der Waals surface area contributed by atoms with Crippen LogP contribution in [0.2, 0.25) is 0 Å². The van der Waals surface area contributed by atoms with E-state index in [2.05, 4.69) is 18.8 Å². The smallest absolute Gasteiger partial charge is 0.410 e. The number of carbonyl (C=O) groups excluding carboxylic acids is 1. The number of fused-ring (bicyclic) bond motifs is 1. The van der Waals surface area contributed by atoms with Crippen LogP contribution in [-0.2, 0) is 17.8 Å². The molecule has 1 aromatic carbocycles. The van der Waals surface area contributed by atoms with Gasteiger partial charge in [0.2, 0.25) is 0 Å². The molecule has 0 saturated carbocycles. The van der Waals surface area contributed by atoms with Crippen LogP contribution in [0.4, 0.5) is 4.79 Å². The predicted octanol–water partition coefficient (Wildman–Crippen LogP) is 4.44. The predicted molar refractivity (Wildman–Crippen MR) is 122 cm³/mol. The van der Waals surface area contributed by atoms with Crippen molar-refractivity contribution in [2.24, 2.45) is 5.92 Å². The molecule has 0 aliphatic carbocycles. The zero-order chi connectivity index (χ0) is 23.5. The maximum atomic E-state index is 12.9. The third-order valence-electron chi connectivity index (χ3n) is 5.67. The largest absolute Gasteiger partial charge is 0.495 e. The maximum absolute atomic E-state index is 12.9. The Bertz CT molecular complexity index is 957. The molecule has 1 unspecified atom stereocenters. The second kappa shape index (κ2) is 9.77. The van der Waals surface area contributed by atoms with Gasteiger partial charge in [0.25, 0.3) is 0 Å². The van der Waals surface area contributed by atoms with Crippen LogP contribution in [0, 0.1) is 12.8 Å². The lowest BCUT2D eigenvalue weighted by atomic mass is 9.86. The van der Waals surface area contributed by atoms with Gasteiger partial charge in [0.15, 0.2) is 0 Å². The van der Waals surface area contributed by atoms with Crippen molar-refractivity contribution in [1.29, 1.82) is 0 Å². The molecule has 1 aromatic heterocycles. The molecule has 3 rings (SSSR count). The second-order valence-electron chi connectivity index (χ2n) is 9.17. The van der Waals surface area contributed by atoms with Gasteiger partial charge in [-0.1, -0.05) is 19.9 Å². The quantitative estimate of drug-likeness (QED) is 0.683. The van der Waals surface area contributed by atoms with Crippen LogP contribution >= 0.6 is 0 Å². The molecule has 1 aliphatic rings. The number of aliphatic hydroxyl groups excluding tert-OH is 1. The van der Waals surface area contributed by atoms with Crippen molar-refractivity contribution in [1.82, 2.24) is 9.88 Å². The number of amides is 1. The van der Waals surface area contributed by atoms with E-state index in [1.165, 1.54) is 0 Å². The lowest BCUT2D eigenvalue weighted by molar-refractivity contribution is -0.0301. The molecule has 0 saturated heterocycles. The van der Waals surface area contributed by atoms with Gasteiger partial charge >= 0.3 is 6.09 Å². The number of rotatable bonds is 7. The first-order chi connectivity index (χ1) is 15.1. The van der Waals surface area contributed by atoms with Gasteiger partial charge in [-0.3, -0.25) is 4.98 Å². The topological polar surface area (TPSA) is 81.1 Å². The summed E-state index contributed by atoms with van der Waals surface area (Å²) in [6.07, 6.45) is 0.308. The molecule has 1 atom stereocenters. The summed E-state index contributed by atoms with van der Waals surface area (Å²) in [6, 6.07) is 9.72. The van der Waals surface area contributed by atoms with Crippen LogP contribution in [-0.4, -0.2) is 46.9 Å². The number of pyridine rings is 1. The van der Waals surface area contributed by atoms with Crippen LogP contribution in [0.5, 0.6) is 11.5 Å². The highest BCUT2D eigenvalue weighted by Crippen LogP contribution is 2.37. The number of nitrogens with zero attached hydrogens (tertiary/aromatic N) is 2. The number of aromatic nitrogens is 1. The average Bonchev–Trinajstić information content (AvgIpc) is 2.76. The van der Waals surface area contributed by atoms with E-state index in [1.54, 1.807) is 25.9 Å². The molecule has 1 amide bonds. The molecular weight excluding hydrogens is 408 g/mol. The van der Waals surface area contributed by atoms with Crippen molar-refractivity contribution >= 4 is 6.09 Å². The number of carbonyl (C=O) groups is 1. The molecule has 1 aliphatic heterocycles. The Labute approximate surface area is 190 Å². The fourth-order valence-corrected chi connectivity index (χ4v) is 4.01. The molecule has 2 heterocycles. The van der Waals surface area contributed by atoms with Gasteiger partial charge in [0.1, 0.15) is 29.4 Å². The van der Waals surface area contributed by atoms with E-state index >= 15 is 0 Å². The van der Waals surface area contributed by atoms with E-state index in [0.29, 0.717) is 25.3 Å². The third-order valence-corrected chi connectivity index (χ3v) is 5.67. The van der Waals surface area contributed by atoms with E-state index in [-0.39, 0.29) is 18.6 Å². The summed E-state index contributed by atoms with van der Waals surface area (Å²) in [6.45, 7) is 10.2. The number of benzene rings is 1. The summed E-state index contributed by atoms with van der Waals surface area (Å²) in [5.41, 5.74) is 3.01. The van der Waals surface area contributed by atoms with Gasteiger partial charge in [0.05, 0.1) is 19.8 Å². The molecule has 0 radical (unpaired) electrons. The summed E-state index contributed by atoms with van der Waals surface area (Å²) in [5, 5.41) is 9.46. The van der Waals surface area contributed by atoms with E-state index in [9.17, 15) is 9.90 Å². The van der Waals surface area contributed by atoms with E-state index in [1.807, 2.05) is 37.3 Å². The lowest BCUT2D eigenvalue weighted by Crippen LogP contribution is -2.46. The Morgan fingerprint density at radius 2 is 2.03 bits per heavy atom. The molecule has 0 spiro atoms. The first kappa shape index (κ1) is 23.9. The number of methoxy groups -OCH3 is 1. The summed E-state index contributed by atoms with van der Waals surface area (Å²) < 4.78 is 17.0. The Morgan fingerprint density at radius 3 is 2.69 bits per heavy atom. The Morgan fingerprint density at radius 1 is 1.28 bits per heavy atom. The molecule has 7 heteroatoms. The van der Waals surface area contributed by atoms with Crippen LogP contribution in [0.15, 0.2) is 30.3 Å². The van der Waals surface area contributed by atoms with Gasteiger partial charge in [0, 0.05) is 12.2 Å². The molecular formula is C25H34N2O5. The summed E-state index contributed by atoms with van der Waals surface area (Å²) in [5.74, 6) is 1.66. The molecule has 0 bridgehead atoms. The van der Waals surface area contributed by atoms with Crippen molar-refractivity contribution < 1.29 is 24.1 Å². The van der Waals surface area contributed by atoms with Crippen LogP contribution < -0.4 is 9.47 Å². The van der Waals surface area contributed by atoms with Gasteiger partial charge in [-0.15, -0.1) is 0 Å². The minimum Gasteiger partial charge on any atom is -0.495 e. The zero-order valence-electron chi connectivity index (χ0n) is 19.8. The first-order valence-electron chi connectivity index (χ1n) is 11.0. The van der Waals surface area contributed by atoms with Crippen molar-refractivity contribution in [3.05, 3.63) is 52.8 Å². The van der Waals surface area contributed by atoms with Crippen molar-refractivity contribution in [3.63, 3.8) is 0 Å². The Balaban J connectivity index is 1.79. The van der Waals surface area contributed by atoms with Crippen LogP contribution in [0.3, 0.4) is 0 Å². The van der Waals surface area contributed by atoms with Crippen LogP contribution in [0.1, 0.15) is 56.3 Å². The summed E-state index contributed by atoms with van der Waals surface area (Å²) in [4.78, 5) is 19.2. The van der Waals surface area contributed by atoms with Crippen molar-refractivity contribution in [2.75, 3.05) is 20.3 Å². The Hall–Kier alpha value is -2.80. The molecule has 1 N–H and O–H groups in total. The van der Waals surface area contributed by atoms with Crippen molar-refractivity contribution in [3.8, 4) is 11.5 Å². The number of aryl methyl sites for hydroxylation is 1. The number of hydrogen-bond acceptors (Lipinski definition) is 6. The molecule has 174 valence electrons. The molecule has 7 nitrogen and oxygen atoms in total. The highest BCUT2D eigenvalue weighted by molar-refractivity contribution is 5.69. The number of hydrogen-bond donors (Lipinski definition) is 1. The highest BCUT2D eigenvalue weighted by atomic mass is 16.6. The number of aliphatic hydroxyl groups is 1. The second-order valence-corrected chi connectivity index (χ2v) is 9.17. The van der Waals surface area contributed by atoms with E-state index in [4.69, 9.17) is 14.2 Å². The third kappa shape index (κ3) is 5.33. The zero-order valence-corrected chi connectivity index (χ0v) is 19.8. The minimum absolute atomic E-state index is 0.103. The summed E-state index contributed by atoms with van der Waals surface area (Å²) >= 11 is 0. The Kier molecular flexibility index (Phi) is 7.29. The normalized spacial score (nSPS) is 16.0. The first-order valence-corrected chi connectivity index (χ1v) is 11.0. The van der Waals surface area contributed by atoms with Gasteiger partial charge in [-0.25, -0.2) is 4.79 Å². The maximum Gasteiger partial charge on any atom is 0.410 e. The van der Waals surface area contributed by atoms with E-state index < -0.39 is 11.7 Å². The average molecular weight is 443 g/mol. The SMILES string of the molecule is COc1ccc(C)nc1COc1ccc2c(c1)CCN(C(=O)OC(C)(C)CO)C2C(C)C. The van der Waals surface area contributed by atoms with Gasteiger partial charge in [-0.2, -0.15) is 0 Å². The fraction of sp³-hybridized carbons (Fsp3) is 0.520. The van der Waals surface area contributed by atoms with Crippen molar-refractivity contribution in [2.45, 2.75) is 59.3 Å². The van der Waals surface area contributed by atoms with E-state index in [0.717, 1.165) is 28.3 Å². The standard InChI is InChI=1S/C25H34N2O5/c1-16(2)23-20-9-8-19(31-14-21-22(30-6)10-7-17(3)26-21)13-18(20)11-12-27(23)24(29)32-25(4,5)15-28/h7-10,13,16,23,28H,11-12,14-15H2,1-6H3. The van der Waals surface area contributed by atoms with Crippen LogP contribution in [0.25, 0.3) is 0 Å². The highest BCUT2D eigenvalue weighted by Gasteiger charge is 2.36. The lowest BCUT2D eigenvalue weighted by Gasteiger charge is -2.40. The van der Waals surface area contributed by atoms with Gasteiger partial charge < -0.3 is 24.2 Å². The monoisotopic (exact) mass is 442 g/mol. The fourth-order valence-electron chi connectivity index (χ4n) is 4.01.